The quantitative estimate of drug-likeness (QED) is 0.785. The van der Waals surface area contributed by atoms with E-state index < -0.39 is 15.6 Å². The molecule has 0 radical (unpaired) electrons. The van der Waals surface area contributed by atoms with Gasteiger partial charge in [0.05, 0.1) is 6.33 Å². The van der Waals surface area contributed by atoms with Crippen LogP contribution in [0.15, 0.2) is 48.1 Å². The molecular weight excluding hydrogens is 354 g/mol. The average Bonchev–Trinajstić information content (AvgIpc) is 3.16. The number of nitrogens with zero attached hydrogens (tertiary/aromatic N) is 5. The number of likely N-dealkylation sites (tertiary alicyclic amines) is 1. The molecule has 0 N–H and O–H groups in total. The molecule has 2 aromatic heterocycles. The van der Waals surface area contributed by atoms with Crippen molar-refractivity contribution in [3.8, 4) is 0 Å². The molecular formula is C17H21N5O3S. The molecule has 0 aromatic carbocycles. The minimum atomic E-state index is -3.60. The van der Waals surface area contributed by atoms with Gasteiger partial charge in [0.1, 0.15) is 10.4 Å². The van der Waals surface area contributed by atoms with Crippen molar-refractivity contribution in [2.75, 3.05) is 26.2 Å². The zero-order valence-electron chi connectivity index (χ0n) is 14.4. The Hall–Kier alpha value is -2.26. The highest BCUT2D eigenvalue weighted by molar-refractivity contribution is 7.89. The summed E-state index contributed by atoms with van der Waals surface area (Å²) in [4.78, 5) is 23.2. The number of imidazole rings is 1. The minimum Gasteiger partial charge on any atom is -0.341 e. The fourth-order valence-electron chi connectivity index (χ4n) is 3.65. The molecule has 4 rings (SSSR count). The van der Waals surface area contributed by atoms with Crippen molar-refractivity contribution in [2.45, 2.75) is 29.7 Å². The van der Waals surface area contributed by atoms with E-state index in [1.165, 1.54) is 10.5 Å². The molecule has 0 aliphatic carbocycles. The van der Waals surface area contributed by atoms with E-state index >= 15 is 0 Å². The standard InChI is InChI=1S/C17H21N5O3S/c23-16(20-8-2-9-20)17(21-12-7-19-14-21)4-10-22(11-5-17)26(24,25)15-3-1-6-18-13-15/h1,3,6-7,12-14H,2,4-5,8-11H2. The molecule has 2 aliphatic rings. The van der Waals surface area contributed by atoms with Gasteiger partial charge in [0.2, 0.25) is 15.9 Å². The number of hydrogen-bond acceptors (Lipinski definition) is 5. The van der Waals surface area contributed by atoms with Crippen LogP contribution in [0.25, 0.3) is 0 Å². The van der Waals surface area contributed by atoms with Crippen molar-refractivity contribution in [3.63, 3.8) is 0 Å². The maximum atomic E-state index is 13.1. The molecule has 0 bridgehead atoms. The van der Waals surface area contributed by atoms with E-state index in [4.69, 9.17) is 0 Å². The fourth-order valence-corrected chi connectivity index (χ4v) is 5.06. The molecule has 2 aromatic rings. The number of rotatable bonds is 4. The van der Waals surface area contributed by atoms with Gasteiger partial charge in [-0.2, -0.15) is 4.31 Å². The first-order valence-electron chi connectivity index (χ1n) is 8.72. The van der Waals surface area contributed by atoms with Crippen LogP contribution < -0.4 is 0 Å². The lowest BCUT2D eigenvalue weighted by atomic mass is 9.85. The highest BCUT2D eigenvalue weighted by Crippen LogP contribution is 2.35. The van der Waals surface area contributed by atoms with Crippen molar-refractivity contribution >= 4 is 15.9 Å². The molecule has 26 heavy (non-hydrogen) atoms. The molecule has 138 valence electrons. The summed E-state index contributed by atoms with van der Waals surface area (Å²) >= 11 is 0. The first-order chi connectivity index (χ1) is 12.5. The second kappa shape index (κ2) is 6.48. The van der Waals surface area contributed by atoms with Crippen molar-refractivity contribution in [1.29, 1.82) is 0 Å². The Morgan fingerprint density at radius 1 is 1.08 bits per heavy atom. The summed E-state index contributed by atoms with van der Waals surface area (Å²) in [5.74, 6) is 0.0696. The summed E-state index contributed by atoms with van der Waals surface area (Å²) in [6.07, 6.45) is 9.89. The first kappa shape index (κ1) is 17.2. The minimum absolute atomic E-state index is 0.0696. The van der Waals surface area contributed by atoms with Gasteiger partial charge in [-0.3, -0.25) is 9.78 Å². The lowest BCUT2D eigenvalue weighted by Crippen LogP contribution is -2.59. The smallest absolute Gasteiger partial charge is 0.248 e. The highest BCUT2D eigenvalue weighted by Gasteiger charge is 2.47. The van der Waals surface area contributed by atoms with Gasteiger partial charge in [-0.25, -0.2) is 13.4 Å². The van der Waals surface area contributed by atoms with Gasteiger partial charge in [0, 0.05) is 51.0 Å². The normalized spacial score (nSPS) is 20.5. The van der Waals surface area contributed by atoms with Crippen molar-refractivity contribution in [1.82, 2.24) is 23.7 Å². The number of hydrogen-bond donors (Lipinski definition) is 0. The number of carbonyl (C=O) groups excluding carboxylic acids is 1. The maximum absolute atomic E-state index is 13.1. The second-order valence-corrected chi connectivity index (χ2v) is 8.68. The Labute approximate surface area is 152 Å². The summed E-state index contributed by atoms with van der Waals surface area (Å²) in [6.45, 7) is 2.12. The monoisotopic (exact) mass is 375 g/mol. The third kappa shape index (κ3) is 2.71. The summed E-state index contributed by atoms with van der Waals surface area (Å²) in [7, 11) is -3.60. The predicted octanol–water partition coefficient (Wildman–Crippen LogP) is 0.690. The Morgan fingerprint density at radius 3 is 2.38 bits per heavy atom. The molecule has 0 unspecified atom stereocenters. The van der Waals surface area contributed by atoms with Gasteiger partial charge in [0.25, 0.3) is 0 Å². The van der Waals surface area contributed by atoms with E-state index in [0.717, 1.165) is 19.5 Å². The predicted molar refractivity (Wildman–Crippen MR) is 93.6 cm³/mol. The summed E-state index contributed by atoms with van der Waals surface area (Å²) < 4.78 is 29.0. The van der Waals surface area contributed by atoms with Crippen LogP contribution in [0, 0.1) is 0 Å². The lowest BCUT2D eigenvalue weighted by molar-refractivity contribution is -0.146. The number of carbonyl (C=O) groups is 1. The van der Waals surface area contributed by atoms with Crippen LogP contribution in [0.3, 0.4) is 0 Å². The van der Waals surface area contributed by atoms with Crippen LogP contribution in [0.2, 0.25) is 0 Å². The van der Waals surface area contributed by atoms with Crippen molar-refractivity contribution in [3.05, 3.63) is 43.2 Å². The number of pyridine rings is 1. The van der Waals surface area contributed by atoms with Crippen molar-refractivity contribution < 1.29 is 13.2 Å². The van der Waals surface area contributed by atoms with Gasteiger partial charge < -0.3 is 9.47 Å². The van der Waals surface area contributed by atoms with Gasteiger partial charge in [-0.05, 0) is 31.4 Å². The van der Waals surface area contributed by atoms with Crippen LogP contribution >= 0.6 is 0 Å². The zero-order valence-corrected chi connectivity index (χ0v) is 15.2. The highest BCUT2D eigenvalue weighted by atomic mass is 32.2. The Kier molecular flexibility index (Phi) is 4.28. The topological polar surface area (TPSA) is 88.4 Å². The average molecular weight is 375 g/mol. The molecule has 0 spiro atoms. The third-order valence-electron chi connectivity index (χ3n) is 5.36. The molecule has 0 saturated carbocycles. The van der Waals surface area contributed by atoms with Crippen LogP contribution in [0.4, 0.5) is 0 Å². The van der Waals surface area contributed by atoms with E-state index in [-0.39, 0.29) is 23.9 Å². The van der Waals surface area contributed by atoms with Gasteiger partial charge in [-0.1, -0.05) is 0 Å². The zero-order chi connectivity index (χ0) is 18.2. The molecule has 9 heteroatoms. The van der Waals surface area contributed by atoms with Gasteiger partial charge in [0.15, 0.2) is 0 Å². The lowest BCUT2D eigenvalue weighted by Gasteiger charge is -2.45. The fraction of sp³-hybridized carbons (Fsp3) is 0.471. The Balaban J connectivity index is 1.59. The summed E-state index contributed by atoms with van der Waals surface area (Å²) in [5.41, 5.74) is -0.752. The van der Waals surface area contributed by atoms with Crippen molar-refractivity contribution in [2.24, 2.45) is 0 Å². The van der Waals surface area contributed by atoms with Crippen LogP contribution in [0.1, 0.15) is 19.3 Å². The molecule has 8 nitrogen and oxygen atoms in total. The van der Waals surface area contributed by atoms with Crippen LogP contribution in [-0.2, 0) is 20.4 Å². The maximum Gasteiger partial charge on any atom is 0.248 e. The van der Waals surface area contributed by atoms with Gasteiger partial charge >= 0.3 is 0 Å². The molecule has 2 aliphatic heterocycles. The van der Waals surface area contributed by atoms with E-state index in [9.17, 15) is 13.2 Å². The number of amides is 1. The molecule has 2 fully saturated rings. The van der Waals surface area contributed by atoms with E-state index in [1.807, 2.05) is 9.47 Å². The number of sulfonamides is 1. The van der Waals surface area contributed by atoms with E-state index in [0.29, 0.717) is 12.8 Å². The van der Waals surface area contributed by atoms with E-state index in [1.54, 1.807) is 37.1 Å². The summed E-state index contributed by atoms with van der Waals surface area (Å²) in [5, 5.41) is 0. The van der Waals surface area contributed by atoms with E-state index in [2.05, 4.69) is 9.97 Å². The Morgan fingerprint density at radius 2 is 1.85 bits per heavy atom. The second-order valence-electron chi connectivity index (χ2n) is 6.74. The van der Waals surface area contributed by atoms with Crippen LogP contribution in [-0.4, -0.2) is 64.2 Å². The number of aromatic nitrogens is 3. The third-order valence-corrected chi connectivity index (χ3v) is 7.24. The first-order valence-corrected chi connectivity index (χ1v) is 10.2. The molecule has 0 atom stereocenters. The number of piperidine rings is 1. The SMILES string of the molecule is O=C(N1CCC1)C1(n2ccnc2)CCN(S(=O)(=O)c2cccnc2)CC1. The van der Waals surface area contributed by atoms with Gasteiger partial charge in [-0.15, -0.1) is 0 Å². The molecule has 4 heterocycles. The largest absolute Gasteiger partial charge is 0.341 e. The summed E-state index contributed by atoms with van der Waals surface area (Å²) in [6, 6.07) is 3.16. The molecule has 1 amide bonds. The van der Waals surface area contributed by atoms with Crippen LogP contribution in [0.5, 0.6) is 0 Å². The molecule has 2 saturated heterocycles. The Bertz CT molecular complexity index is 870.